The van der Waals surface area contributed by atoms with E-state index in [-0.39, 0.29) is 0 Å². The quantitative estimate of drug-likeness (QED) is 0.0445. The molecule has 21 aromatic carbocycles. The summed E-state index contributed by atoms with van der Waals surface area (Å²) in [6, 6.07) is 198. The largest absolute Gasteiger partial charge is 0.311 e. The first kappa shape index (κ1) is 93.9. The third-order valence-electron chi connectivity index (χ3n) is 30.5. The van der Waals surface area contributed by atoms with Gasteiger partial charge in [-0.3, -0.25) is 0 Å². The molecule has 0 heterocycles. The molecular weight excluding hydrogens is 1790 g/mol. The van der Waals surface area contributed by atoms with Gasteiger partial charge in [0.1, 0.15) is 0 Å². The Labute approximate surface area is 873 Å². The zero-order valence-corrected chi connectivity index (χ0v) is 83.9. The van der Waals surface area contributed by atoms with Crippen molar-refractivity contribution in [1.82, 2.24) is 0 Å². The van der Waals surface area contributed by atoms with Crippen LogP contribution in [0, 0.1) is 11.8 Å². The van der Waals surface area contributed by atoms with Gasteiger partial charge in [-0.2, -0.15) is 0 Å². The molecule has 0 aliphatic heterocycles. The molecule has 2 aliphatic carbocycles. The normalized spacial score (nSPS) is 13.6. The van der Waals surface area contributed by atoms with Crippen LogP contribution in [0.1, 0.15) is 85.6 Å². The Morgan fingerprint density at radius 3 is 0.669 bits per heavy atom. The highest BCUT2D eigenvalue weighted by Gasteiger charge is 2.27. The van der Waals surface area contributed by atoms with Crippen LogP contribution in [0.2, 0.25) is 0 Å². The maximum Gasteiger partial charge on any atom is 0.0462 e. The summed E-state index contributed by atoms with van der Waals surface area (Å²) in [7, 11) is 0. The van der Waals surface area contributed by atoms with E-state index in [1.165, 1.54) is 124 Å². The van der Waals surface area contributed by atoms with E-state index in [2.05, 4.69) is 592 Å². The summed E-state index contributed by atoms with van der Waals surface area (Å²) in [6.45, 7) is 4.84. The van der Waals surface area contributed by atoms with Crippen molar-refractivity contribution < 1.29 is 0 Å². The van der Waals surface area contributed by atoms with Gasteiger partial charge in [-0.25, -0.2) is 0 Å². The van der Waals surface area contributed by atoms with Crippen molar-refractivity contribution in [3.05, 3.63) is 592 Å². The van der Waals surface area contributed by atoms with Gasteiger partial charge in [-0.1, -0.05) is 432 Å². The van der Waals surface area contributed by atoms with Gasteiger partial charge in [0.15, 0.2) is 0 Å². The van der Waals surface area contributed by atoms with E-state index in [4.69, 9.17) is 0 Å². The van der Waals surface area contributed by atoms with E-state index < -0.39 is 0 Å². The van der Waals surface area contributed by atoms with E-state index in [0.29, 0.717) is 23.7 Å². The molecule has 4 nitrogen and oxygen atoms in total. The van der Waals surface area contributed by atoms with E-state index in [1.807, 2.05) is 0 Å². The monoisotopic (exact) mass is 1900 g/mol. The Hall–Kier alpha value is -17.7. The van der Waals surface area contributed by atoms with Gasteiger partial charge in [0, 0.05) is 68.2 Å². The second-order valence-corrected chi connectivity index (χ2v) is 39.8. The highest BCUT2D eigenvalue weighted by atomic mass is 15.2. The van der Waals surface area contributed by atoms with E-state index >= 15 is 0 Å². The molecule has 21 aromatic rings. The lowest BCUT2D eigenvalue weighted by Gasteiger charge is -2.30. The van der Waals surface area contributed by atoms with Gasteiger partial charge < -0.3 is 19.6 Å². The van der Waals surface area contributed by atoms with Crippen molar-refractivity contribution in [2.24, 2.45) is 11.8 Å². The van der Waals surface area contributed by atoms with Crippen molar-refractivity contribution in [2.75, 3.05) is 19.6 Å². The number of aryl methyl sites for hydroxylation is 3. The first-order valence-corrected chi connectivity index (χ1v) is 52.6. The van der Waals surface area contributed by atoms with Crippen molar-refractivity contribution in [3.63, 3.8) is 0 Å². The van der Waals surface area contributed by atoms with Gasteiger partial charge >= 0.3 is 0 Å². The minimum Gasteiger partial charge on any atom is -0.311 e. The van der Waals surface area contributed by atoms with Gasteiger partial charge in [-0.15, -0.1) is 0 Å². The molecule has 714 valence electrons. The van der Waals surface area contributed by atoms with Crippen LogP contribution in [-0.2, 0) is 19.3 Å². The molecule has 0 spiro atoms. The van der Waals surface area contributed by atoms with Crippen molar-refractivity contribution in [1.29, 1.82) is 0 Å². The summed E-state index contributed by atoms with van der Waals surface area (Å²) in [5.74, 6) is 2.11. The van der Waals surface area contributed by atoms with Crippen LogP contribution in [0.15, 0.2) is 564 Å². The molecule has 0 saturated heterocycles. The summed E-state index contributed by atoms with van der Waals surface area (Å²) in [5.41, 5.74) is 45.9. The van der Waals surface area contributed by atoms with Crippen molar-refractivity contribution >= 4 is 68.2 Å². The third-order valence-corrected chi connectivity index (χ3v) is 30.5. The molecular formula is C144H118N4. The second-order valence-electron chi connectivity index (χ2n) is 39.8. The molecule has 0 radical (unpaired) electrons. The maximum atomic E-state index is 2.66. The van der Waals surface area contributed by atoms with Gasteiger partial charge in [0.2, 0.25) is 0 Å². The number of benzene rings is 21. The number of fused-ring (bicyclic) bond motifs is 2. The Morgan fingerprint density at radius 1 is 0.189 bits per heavy atom. The number of allylic oxidation sites excluding steroid dienone is 4. The molecule has 2 aliphatic rings. The van der Waals surface area contributed by atoms with Crippen molar-refractivity contribution in [3.8, 4) is 111 Å². The zero-order chi connectivity index (χ0) is 99.3. The Bertz CT molecular complexity index is 7880. The second kappa shape index (κ2) is 43.9. The van der Waals surface area contributed by atoms with Crippen LogP contribution in [0.25, 0.3) is 111 Å². The number of hydrogen-bond donors (Lipinski definition) is 0. The lowest BCUT2D eigenvalue weighted by molar-refractivity contribution is 0.402. The first-order valence-electron chi connectivity index (χ1n) is 52.6. The molecule has 148 heavy (non-hydrogen) atoms. The smallest absolute Gasteiger partial charge is 0.0462 e. The summed E-state index contributed by atoms with van der Waals surface area (Å²) < 4.78 is 0. The SMILES string of the molecule is C[C@@H](CCC1=CC2CCc3ccc([C@@H](C)CCc4ccc(-c5ccc(-c6ccc(N(c7ccccc7)c7ccc(-c8ccc(N(c9ccc(-c%10ccccc%10)cc9)c9ccc(-c%10ccccc%10)cc9)cc8)cc7)cc6)cc5)cc4)cc3CCC2C=C1)c1ccc(-c2ccc(-c3ccc(N(c4ccccc4)c4ccc(-c5ccc(N(c6ccc(-c7ccccc7)cc6)c6ccc(-c7ccccc7)cc6)cc5)cc4)cc3)cc2)cc1. The number of para-hydroxylation sites is 2. The number of rotatable bonds is 30. The minimum atomic E-state index is 0.455. The van der Waals surface area contributed by atoms with Crippen molar-refractivity contribution in [2.45, 2.75) is 77.0 Å². The van der Waals surface area contributed by atoms with Crippen LogP contribution >= 0.6 is 0 Å². The van der Waals surface area contributed by atoms with E-state index in [9.17, 15) is 0 Å². The summed E-state index contributed by atoms with van der Waals surface area (Å²) in [4.78, 5) is 9.38. The van der Waals surface area contributed by atoms with Crippen LogP contribution in [0.5, 0.6) is 0 Å². The average molecular weight is 1900 g/mol. The van der Waals surface area contributed by atoms with Crippen LogP contribution in [-0.4, -0.2) is 0 Å². The third kappa shape index (κ3) is 21.3. The van der Waals surface area contributed by atoms with Gasteiger partial charge in [0.05, 0.1) is 0 Å². The molecule has 0 aromatic heterocycles. The predicted molar refractivity (Wildman–Crippen MR) is 628 cm³/mol. The summed E-state index contributed by atoms with van der Waals surface area (Å²) in [5, 5.41) is 0. The Morgan fingerprint density at radius 2 is 0.392 bits per heavy atom. The van der Waals surface area contributed by atoms with Gasteiger partial charge in [-0.05, 0) is 360 Å². The minimum absolute atomic E-state index is 0.455. The first-order chi connectivity index (χ1) is 73.1. The molecule has 2 unspecified atom stereocenters. The molecule has 0 N–H and O–H groups in total. The highest BCUT2D eigenvalue weighted by Crippen LogP contribution is 2.47. The fourth-order valence-electron chi connectivity index (χ4n) is 21.9. The van der Waals surface area contributed by atoms with Gasteiger partial charge in [0.25, 0.3) is 0 Å². The topological polar surface area (TPSA) is 13.0 Å². The lowest BCUT2D eigenvalue weighted by Crippen LogP contribution is -2.19. The molecule has 0 bridgehead atoms. The number of anilines is 12. The Balaban J connectivity index is 0.376. The molecule has 0 amide bonds. The van der Waals surface area contributed by atoms with E-state index in [1.54, 1.807) is 11.1 Å². The Kier molecular flexibility index (Phi) is 27.8. The molecule has 23 rings (SSSR count). The highest BCUT2D eigenvalue weighted by molar-refractivity contribution is 5.88. The fraction of sp³-hybridized carbons (Fsp3) is 0.0972. The summed E-state index contributed by atoms with van der Waals surface area (Å²) >= 11 is 0. The number of hydrogen-bond acceptors (Lipinski definition) is 4. The zero-order valence-electron chi connectivity index (χ0n) is 83.9. The average Bonchev–Trinajstić information content (AvgIpc) is 0.790. The van der Waals surface area contributed by atoms with E-state index in [0.717, 1.165) is 129 Å². The number of nitrogens with zero attached hydrogens (tertiary/aromatic N) is 4. The van der Waals surface area contributed by atoms with Crippen LogP contribution < -0.4 is 19.6 Å². The predicted octanol–water partition coefficient (Wildman–Crippen LogP) is 40.2. The molecule has 0 fully saturated rings. The van der Waals surface area contributed by atoms with Crippen LogP contribution in [0.4, 0.5) is 68.2 Å². The molecule has 0 saturated carbocycles. The lowest BCUT2D eigenvalue weighted by atomic mass is 9.75. The molecule has 4 heteroatoms. The molecule has 4 atom stereocenters. The maximum absolute atomic E-state index is 2.66. The fourth-order valence-corrected chi connectivity index (χ4v) is 21.9. The van der Waals surface area contributed by atoms with Crippen LogP contribution in [0.3, 0.4) is 0 Å². The summed E-state index contributed by atoms with van der Waals surface area (Å²) in [6.07, 6.45) is 16.8. The standard InChI is InChI=1S/C144H118N4/c1-103(107-43-45-113(46-44-107)115-49-53-117(54-50-115)123-71-91-136(92-72-123)146(134-31-19-8-20-32-134)138-95-75-125(76-96-138)127-79-99-144(100-80-127)148(141-85-65-120(66-86-141)110-25-13-5-14-26-110)142-87-67-121(68-88-142)111-27-15-6-16-28-111)34-36-106-39-42-128-57-60-132-102-130(58-55-129(132)56-59-131(128)101-106)104(2)33-35-105-37-40-112(41-38-105)114-47-51-116(52-48-114)122-69-89-135(90-70-122)145(133-29-17-7-18-30-133)137-93-73-124(74-94-137)126-77-97-143(98-78-126)147(139-81-61-118(62-82-139)108-21-9-3-10-22-108)140-83-63-119(64-84-140)109-23-11-4-12-24-109/h3-32,37-55,58,61-104,128,131H,33-36,56-57,59-60H2,1-2H3/t103-,104-,128?,131?/m0/s1.